The summed E-state index contributed by atoms with van der Waals surface area (Å²) in [6.45, 7) is 7.86. The van der Waals surface area contributed by atoms with Gasteiger partial charge < -0.3 is 0 Å². The fraction of sp³-hybridized carbons (Fsp3) is 0.600. The zero-order valence-electron chi connectivity index (χ0n) is 6.87. The zero-order chi connectivity index (χ0) is 9.49. The molecule has 68 valence electrons. The van der Waals surface area contributed by atoms with Gasteiger partial charge in [-0.25, -0.2) is 0 Å². The lowest BCUT2D eigenvalue weighted by atomic mass is 10.5. The van der Waals surface area contributed by atoms with Gasteiger partial charge in [0.25, 0.3) is 0 Å². The molecule has 0 saturated heterocycles. The van der Waals surface area contributed by atoms with E-state index in [0.717, 1.165) is 16.7 Å². The summed E-state index contributed by atoms with van der Waals surface area (Å²) in [6, 6.07) is 0. The molecule has 1 unspecified atom stereocenters. The van der Waals surface area contributed by atoms with Crippen LogP contribution in [0.5, 0.6) is 0 Å². The van der Waals surface area contributed by atoms with Crippen molar-refractivity contribution in [3.63, 3.8) is 0 Å². The Balaban J connectivity index is 0. The third kappa shape index (κ3) is 12.9. The molecule has 0 fully saturated rings. The maximum absolute atomic E-state index is 10.1. The number of hydrogen-bond donors (Lipinski definition) is 2. The third-order valence-corrected chi connectivity index (χ3v) is 3.19. The van der Waals surface area contributed by atoms with Crippen molar-refractivity contribution in [2.24, 2.45) is 0 Å². The summed E-state index contributed by atoms with van der Waals surface area (Å²) < 4.78 is 30.4. The van der Waals surface area contributed by atoms with Crippen LogP contribution in [0.4, 0.5) is 0 Å². The minimum atomic E-state index is -3.95. The Morgan fingerprint density at radius 3 is 2.09 bits per heavy atom. The smallest absolute Gasteiger partial charge is 0.273 e. The number of nitrogens with one attached hydrogen (secondary N) is 1. The first-order chi connectivity index (χ1) is 4.95. The Kier molecular flexibility index (Phi) is 7.97. The van der Waals surface area contributed by atoms with E-state index >= 15 is 0 Å². The van der Waals surface area contributed by atoms with Crippen molar-refractivity contribution < 1.29 is 13.0 Å². The Morgan fingerprint density at radius 1 is 1.64 bits per heavy atom. The summed E-state index contributed by atoms with van der Waals surface area (Å²) >= 11 is 0. The molecule has 0 radical (unpaired) electrons. The van der Waals surface area contributed by atoms with Gasteiger partial charge in [0.15, 0.2) is 0 Å². The van der Waals surface area contributed by atoms with Gasteiger partial charge in [-0.3, -0.25) is 4.55 Å². The Morgan fingerprint density at radius 2 is 2.00 bits per heavy atom. The van der Waals surface area contributed by atoms with Crippen LogP contribution in [-0.2, 0) is 10.3 Å². The van der Waals surface area contributed by atoms with Crippen LogP contribution in [0.3, 0.4) is 0 Å². The van der Waals surface area contributed by atoms with Gasteiger partial charge in [0.05, 0.1) is 0 Å². The van der Waals surface area contributed by atoms with Gasteiger partial charge in [-0.1, -0.05) is 6.92 Å². The summed E-state index contributed by atoms with van der Waals surface area (Å²) in [5.74, 6) is 0. The van der Waals surface area contributed by atoms with E-state index in [9.17, 15) is 8.42 Å². The lowest BCUT2D eigenvalue weighted by Crippen LogP contribution is -2.33. The van der Waals surface area contributed by atoms with E-state index < -0.39 is 10.3 Å². The molecule has 4 nitrogen and oxygen atoms in total. The molecule has 0 aliphatic carbocycles. The summed E-state index contributed by atoms with van der Waals surface area (Å²) in [6.07, 6.45) is 0.728. The van der Waals surface area contributed by atoms with Crippen molar-refractivity contribution in [1.82, 2.24) is 4.72 Å². The first kappa shape index (κ1) is 13.4. The quantitative estimate of drug-likeness (QED) is 0.356. The van der Waals surface area contributed by atoms with E-state index in [0.29, 0.717) is 0 Å². The second kappa shape index (κ2) is 6.53. The highest BCUT2D eigenvalue weighted by molar-refractivity contribution is 7.83. The molecular weight excluding hydrogens is 182 g/mol. The monoisotopic (exact) mass is 197 g/mol. The average Bonchev–Trinajstić information content (AvgIpc) is 1.89. The van der Waals surface area contributed by atoms with Crippen molar-refractivity contribution in [3.05, 3.63) is 13.2 Å². The molecular formula is C5H15NO3SSi. The van der Waals surface area contributed by atoms with E-state index in [-0.39, 0.29) is 5.67 Å². The summed E-state index contributed by atoms with van der Waals surface area (Å²) in [5.41, 5.74) is -0.0556. The Labute approximate surface area is 71.0 Å². The summed E-state index contributed by atoms with van der Waals surface area (Å²) in [7, 11) is -3.23. The third-order valence-electron chi connectivity index (χ3n) is 0.962. The van der Waals surface area contributed by atoms with Gasteiger partial charge in [0.1, 0.15) is 0 Å². The molecule has 2 N–H and O–H groups in total. The molecule has 0 aromatic heterocycles. The predicted octanol–water partition coefficient (Wildman–Crippen LogP) is -0.717. The molecule has 0 aliphatic rings. The number of hydrogen-bond acceptors (Lipinski definition) is 2. The van der Waals surface area contributed by atoms with Gasteiger partial charge in [-0.05, 0) is 6.42 Å². The molecule has 11 heavy (non-hydrogen) atoms. The van der Waals surface area contributed by atoms with Crippen molar-refractivity contribution >= 4 is 20.5 Å². The highest BCUT2D eigenvalue weighted by Gasteiger charge is 2.06. The van der Waals surface area contributed by atoms with Crippen molar-refractivity contribution in [3.8, 4) is 0 Å². The van der Waals surface area contributed by atoms with Crippen LogP contribution in [0.25, 0.3) is 0 Å². The van der Waals surface area contributed by atoms with Crippen LogP contribution >= 0.6 is 0 Å². The number of rotatable bonds is 3. The van der Waals surface area contributed by atoms with Crippen molar-refractivity contribution in [1.29, 1.82) is 0 Å². The van der Waals surface area contributed by atoms with Crippen LogP contribution in [0.15, 0.2) is 13.2 Å². The molecule has 0 rings (SSSR count). The van der Waals surface area contributed by atoms with E-state index in [2.05, 4.69) is 17.9 Å². The fourth-order valence-electron chi connectivity index (χ4n) is 0.338. The average molecular weight is 197 g/mol. The van der Waals surface area contributed by atoms with E-state index in [1.54, 1.807) is 0 Å². The molecule has 6 heteroatoms. The van der Waals surface area contributed by atoms with Crippen LogP contribution in [-0.4, -0.2) is 28.9 Å². The van der Waals surface area contributed by atoms with Crippen LogP contribution in [0, 0.1) is 0 Å². The largest absolute Gasteiger partial charge is 0.333 e. The molecule has 0 bridgehead atoms. The molecule has 0 spiro atoms. The van der Waals surface area contributed by atoms with Gasteiger partial charge in [0.2, 0.25) is 0 Å². The first-order valence-electron chi connectivity index (χ1n) is 3.20. The van der Waals surface area contributed by atoms with Crippen LogP contribution < -0.4 is 4.72 Å². The van der Waals surface area contributed by atoms with Gasteiger partial charge in [-0.2, -0.15) is 13.1 Å². The van der Waals surface area contributed by atoms with Crippen molar-refractivity contribution in [2.75, 3.05) is 0 Å². The molecule has 0 saturated carbocycles. The van der Waals surface area contributed by atoms with Gasteiger partial charge in [0, 0.05) is 15.9 Å². The topological polar surface area (TPSA) is 66.4 Å². The molecule has 0 heterocycles. The van der Waals surface area contributed by atoms with Gasteiger partial charge in [-0.15, -0.1) is 13.2 Å². The maximum Gasteiger partial charge on any atom is 0.333 e. The highest BCUT2D eigenvalue weighted by atomic mass is 32.2. The molecule has 1 atom stereocenters. The van der Waals surface area contributed by atoms with Crippen LogP contribution in [0.2, 0.25) is 0 Å². The molecule has 0 aliphatic heterocycles. The molecule has 0 aromatic rings. The van der Waals surface area contributed by atoms with Gasteiger partial charge >= 0.3 is 10.3 Å². The van der Waals surface area contributed by atoms with E-state index in [1.165, 1.54) is 0 Å². The standard InChI is InChI=1S/C3H11NO3SSi.C2H4/c1-2-3(9)4-8(5,6)7;1-2/h3-4H,2H2,1,9H3,(H,5,6,7);1-2H2. The lowest BCUT2D eigenvalue weighted by Gasteiger charge is -2.05. The predicted molar refractivity (Wildman–Crippen MR) is 50.0 cm³/mol. The first-order valence-corrected chi connectivity index (χ1v) is 5.80. The van der Waals surface area contributed by atoms with Crippen LogP contribution in [0.1, 0.15) is 13.3 Å². The highest BCUT2D eigenvalue weighted by Crippen LogP contribution is 1.84. The van der Waals surface area contributed by atoms with E-state index in [1.807, 2.05) is 6.92 Å². The van der Waals surface area contributed by atoms with E-state index in [4.69, 9.17) is 4.55 Å². The Bertz CT molecular complexity index is 180. The summed E-state index contributed by atoms with van der Waals surface area (Å²) in [4.78, 5) is 0. The molecule has 0 amide bonds. The molecule has 0 aromatic carbocycles. The van der Waals surface area contributed by atoms with Crippen molar-refractivity contribution in [2.45, 2.75) is 19.0 Å². The Hall–Kier alpha value is -0.173. The zero-order valence-corrected chi connectivity index (χ0v) is 9.69. The maximum atomic E-state index is 10.1. The minimum absolute atomic E-state index is 0.0556. The fourth-order valence-corrected chi connectivity index (χ4v) is 1.91. The normalized spacial score (nSPS) is 13.3. The SMILES string of the molecule is C=C.CCC([SiH3])NS(=O)(=O)O. The second-order valence-electron chi connectivity index (χ2n) is 1.90. The second-order valence-corrected chi connectivity index (χ2v) is 4.48. The summed E-state index contributed by atoms with van der Waals surface area (Å²) in [5, 5.41) is 0. The lowest BCUT2D eigenvalue weighted by molar-refractivity contribution is 0.463. The minimum Gasteiger partial charge on any atom is -0.273 e.